The van der Waals surface area contributed by atoms with Crippen LogP contribution in [-0.4, -0.2) is 24.6 Å². The molecule has 0 saturated carbocycles. The third-order valence-electron chi connectivity index (χ3n) is 3.63. The number of non-ortho nitro benzene ring substituents is 1. The van der Waals surface area contributed by atoms with Gasteiger partial charge in [-0.15, -0.1) is 0 Å². The minimum Gasteiger partial charge on any atom is -0.493 e. The lowest BCUT2D eigenvalue weighted by molar-refractivity contribution is -0.384. The Morgan fingerprint density at radius 3 is 2.68 bits per heavy atom. The Kier molecular flexibility index (Phi) is 7.11. The molecule has 0 aliphatic carbocycles. The molecule has 0 unspecified atom stereocenters. The van der Waals surface area contributed by atoms with Crippen molar-refractivity contribution in [2.24, 2.45) is 0 Å². The first-order chi connectivity index (χ1) is 13.5. The van der Waals surface area contributed by atoms with Crippen molar-refractivity contribution in [3.8, 4) is 17.6 Å². The fourth-order valence-corrected chi connectivity index (χ4v) is 2.33. The number of hydrogen-bond acceptors (Lipinski definition) is 7. The number of nitriles is 1. The van der Waals surface area contributed by atoms with Gasteiger partial charge in [0.05, 0.1) is 18.6 Å². The van der Waals surface area contributed by atoms with Crippen LogP contribution in [0.25, 0.3) is 6.08 Å². The average Bonchev–Trinajstić information content (AvgIpc) is 2.71. The Labute approximate surface area is 161 Å². The minimum absolute atomic E-state index is 0.0171. The molecular formula is C20H18N2O6. The lowest BCUT2D eigenvalue weighted by Crippen LogP contribution is -2.06. The Bertz CT molecular complexity index is 946. The van der Waals surface area contributed by atoms with Crippen LogP contribution in [0.1, 0.15) is 18.1 Å². The Morgan fingerprint density at radius 2 is 2.04 bits per heavy atom. The normalized spacial score (nSPS) is 10.7. The summed E-state index contributed by atoms with van der Waals surface area (Å²) in [5.41, 5.74) is 1.05. The van der Waals surface area contributed by atoms with E-state index in [-0.39, 0.29) is 24.5 Å². The highest BCUT2D eigenvalue weighted by molar-refractivity contribution is 5.97. The molecule has 0 aliphatic heterocycles. The summed E-state index contributed by atoms with van der Waals surface area (Å²) in [6.07, 6.45) is 1.39. The Hall–Kier alpha value is -3.86. The maximum atomic E-state index is 11.7. The van der Waals surface area contributed by atoms with Gasteiger partial charge in [0.15, 0.2) is 11.5 Å². The Balaban J connectivity index is 2.19. The maximum Gasteiger partial charge on any atom is 0.348 e. The van der Waals surface area contributed by atoms with Gasteiger partial charge in [-0.05, 0) is 36.3 Å². The first-order valence-electron chi connectivity index (χ1n) is 8.31. The number of methoxy groups -OCH3 is 1. The third kappa shape index (κ3) is 5.32. The van der Waals surface area contributed by atoms with Crippen LogP contribution in [0.15, 0.2) is 48.0 Å². The number of carbonyl (C=O) groups is 1. The highest BCUT2D eigenvalue weighted by atomic mass is 16.6. The van der Waals surface area contributed by atoms with Crippen LogP contribution in [0.5, 0.6) is 11.5 Å². The second-order valence-electron chi connectivity index (χ2n) is 5.52. The van der Waals surface area contributed by atoms with Crippen molar-refractivity contribution in [3.63, 3.8) is 0 Å². The third-order valence-corrected chi connectivity index (χ3v) is 3.63. The van der Waals surface area contributed by atoms with Crippen molar-refractivity contribution in [2.45, 2.75) is 13.5 Å². The van der Waals surface area contributed by atoms with Crippen LogP contribution >= 0.6 is 0 Å². The van der Waals surface area contributed by atoms with E-state index < -0.39 is 10.9 Å². The van der Waals surface area contributed by atoms with Crippen LogP contribution < -0.4 is 9.47 Å². The molecule has 0 N–H and O–H groups in total. The minimum atomic E-state index is -0.699. The molecule has 0 spiro atoms. The lowest BCUT2D eigenvalue weighted by atomic mass is 10.1. The summed E-state index contributed by atoms with van der Waals surface area (Å²) in [7, 11) is 1.46. The summed E-state index contributed by atoms with van der Waals surface area (Å²) in [6.45, 7) is 1.94. The second-order valence-corrected chi connectivity index (χ2v) is 5.52. The monoisotopic (exact) mass is 382 g/mol. The summed E-state index contributed by atoms with van der Waals surface area (Å²) in [6, 6.07) is 12.8. The van der Waals surface area contributed by atoms with E-state index in [0.717, 1.165) is 0 Å². The SMILES string of the molecule is CCOC(=O)/C(C#N)=C\c1ccc(OCc2cccc([N+](=O)[O-])c2)c(OC)c1. The lowest BCUT2D eigenvalue weighted by Gasteiger charge is -2.11. The molecule has 0 fully saturated rings. The van der Waals surface area contributed by atoms with E-state index in [1.165, 1.54) is 25.3 Å². The molecule has 0 bridgehead atoms. The largest absolute Gasteiger partial charge is 0.493 e. The highest BCUT2D eigenvalue weighted by Crippen LogP contribution is 2.30. The quantitative estimate of drug-likeness (QED) is 0.225. The summed E-state index contributed by atoms with van der Waals surface area (Å²) < 4.78 is 15.8. The van der Waals surface area contributed by atoms with E-state index >= 15 is 0 Å². The Morgan fingerprint density at radius 1 is 1.25 bits per heavy atom. The number of ether oxygens (including phenoxy) is 3. The maximum absolute atomic E-state index is 11.7. The summed E-state index contributed by atoms with van der Waals surface area (Å²) in [5, 5.41) is 20.0. The van der Waals surface area contributed by atoms with Crippen molar-refractivity contribution in [3.05, 3.63) is 69.3 Å². The van der Waals surface area contributed by atoms with E-state index in [9.17, 15) is 14.9 Å². The van der Waals surface area contributed by atoms with Crippen molar-refractivity contribution in [1.29, 1.82) is 5.26 Å². The fraction of sp³-hybridized carbons (Fsp3) is 0.200. The molecule has 2 aromatic rings. The number of nitro groups is 1. The molecule has 0 aliphatic rings. The number of nitro benzene ring substituents is 1. The molecule has 2 aromatic carbocycles. The summed E-state index contributed by atoms with van der Waals surface area (Å²) in [5.74, 6) is 0.107. The molecule has 0 heterocycles. The van der Waals surface area contributed by atoms with Crippen LogP contribution in [0.4, 0.5) is 5.69 Å². The van der Waals surface area contributed by atoms with Gasteiger partial charge in [0.25, 0.3) is 5.69 Å². The second kappa shape index (κ2) is 9.73. The molecule has 144 valence electrons. The van der Waals surface area contributed by atoms with Crippen LogP contribution in [0.2, 0.25) is 0 Å². The zero-order chi connectivity index (χ0) is 20.5. The van der Waals surface area contributed by atoms with Gasteiger partial charge in [0, 0.05) is 12.1 Å². The van der Waals surface area contributed by atoms with Crippen molar-refractivity contribution < 1.29 is 23.9 Å². The predicted molar refractivity (Wildman–Crippen MR) is 101 cm³/mol. The number of carbonyl (C=O) groups excluding carboxylic acids is 1. The average molecular weight is 382 g/mol. The highest BCUT2D eigenvalue weighted by Gasteiger charge is 2.12. The van der Waals surface area contributed by atoms with Gasteiger partial charge in [0.2, 0.25) is 0 Å². The van der Waals surface area contributed by atoms with E-state index in [2.05, 4.69) is 0 Å². The zero-order valence-corrected chi connectivity index (χ0v) is 15.4. The van der Waals surface area contributed by atoms with Crippen LogP contribution in [0.3, 0.4) is 0 Å². The molecule has 0 aromatic heterocycles. The molecule has 28 heavy (non-hydrogen) atoms. The first-order valence-corrected chi connectivity index (χ1v) is 8.31. The summed E-state index contributed by atoms with van der Waals surface area (Å²) in [4.78, 5) is 22.1. The summed E-state index contributed by atoms with van der Waals surface area (Å²) >= 11 is 0. The van der Waals surface area contributed by atoms with Gasteiger partial charge in [-0.2, -0.15) is 5.26 Å². The molecule has 0 saturated heterocycles. The first kappa shape index (κ1) is 20.5. The van der Waals surface area contributed by atoms with Gasteiger partial charge in [-0.25, -0.2) is 4.79 Å². The van der Waals surface area contributed by atoms with Crippen molar-refractivity contribution in [1.82, 2.24) is 0 Å². The number of nitrogens with zero attached hydrogens (tertiary/aromatic N) is 2. The molecule has 8 heteroatoms. The van der Waals surface area contributed by atoms with Crippen LogP contribution in [0, 0.1) is 21.4 Å². The fourth-order valence-electron chi connectivity index (χ4n) is 2.33. The van der Waals surface area contributed by atoms with Gasteiger partial charge in [-0.1, -0.05) is 18.2 Å². The number of benzene rings is 2. The topological polar surface area (TPSA) is 112 Å². The van der Waals surface area contributed by atoms with E-state index in [1.54, 1.807) is 37.3 Å². The molecule has 0 atom stereocenters. The van der Waals surface area contributed by atoms with E-state index in [4.69, 9.17) is 19.5 Å². The number of hydrogen-bond donors (Lipinski definition) is 0. The van der Waals surface area contributed by atoms with Gasteiger partial charge in [-0.3, -0.25) is 10.1 Å². The van der Waals surface area contributed by atoms with E-state index in [1.807, 2.05) is 6.07 Å². The van der Waals surface area contributed by atoms with Gasteiger partial charge >= 0.3 is 5.97 Å². The standard InChI is InChI=1S/C20H18N2O6/c1-3-27-20(23)16(12-21)9-14-7-8-18(19(11-14)26-2)28-13-15-5-4-6-17(10-15)22(24)25/h4-11H,3,13H2,1-2H3/b16-9-. The molecule has 8 nitrogen and oxygen atoms in total. The zero-order valence-electron chi connectivity index (χ0n) is 15.4. The van der Waals surface area contributed by atoms with Crippen molar-refractivity contribution >= 4 is 17.7 Å². The van der Waals surface area contributed by atoms with Gasteiger partial charge < -0.3 is 14.2 Å². The molecular weight excluding hydrogens is 364 g/mol. The van der Waals surface area contributed by atoms with Gasteiger partial charge in [0.1, 0.15) is 18.2 Å². The molecule has 0 amide bonds. The number of rotatable bonds is 8. The number of esters is 1. The molecule has 0 radical (unpaired) electrons. The van der Waals surface area contributed by atoms with Crippen LogP contribution in [-0.2, 0) is 16.1 Å². The molecule has 2 rings (SSSR count). The van der Waals surface area contributed by atoms with E-state index in [0.29, 0.717) is 22.6 Å². The predicted octanol–water partition coefficient (Wildman–Crippen LogP) is 3.65. The van der Waals surface area contributed by atoms with Crippen molar-refractivity contribution in [2.75, 3.05) is 13.7 Å². The smallest absolute Gasteiger partial charge is 0.348 e.